The van der Waals surface area contributed by atoms with Crippen LogP contribution < -0.4 is 10.0 Å². The first-order valence-electron chi connectivity index (χ1n) is 4.86. The van der Waals surface area contributed by atoms with Crippen LogP contribution in [0.25, 0.3) is 0 Å². The van der Waals surface area contributed by atoms with Crippen LogP contribution in [0.15, 0.2) is 0 Å². The molecule has 0 fully saturated rings. The molecule has 0 saturated carbocycles. The van der Waals surface area contributed by atoms with Gasteiger partial charge in [0.2, 0.25) is 21.0 Å². The summed E-state index contributed by atoms with van der Waals surface area (Å²) in [5.74, 6) is -1.48. The van der Waals surface area contributed by atoms with Crippen molar-refractivity contribution in [1.29, 1.82) is 0 Å². The second-order valence-electron chi connectivity index (χ2n) is 3.16. The number of hydrogen-bond donors (Lipinski definition) is 2. The van der Waals surface area contributed by atoms with E-state index in [1.54, 1.807) is 6.92 Å². The molecule has 11 heteroatoms. The lowest BCUT2D eigenvalue weighted by Crippen LogP contribution is -2.29. The normalized spacial score (nSPS) is 12.7. The molecule has 0 bridgehead atoms. The first-order chi connectivity index (χ1) is 8.24. The lowest BCUT2D eigenvalue weighted by molar-refractivity contribution is -0.144. The fourth-order valence-corrected chi connectivity index (χ4v) is 2.56. The number of rotatable bonds is 6. The third kappa shape index (κ3) is 4.74. The molecule has 0 aliphatic carbocycles. The Kier molecular flexibility index (Phi) is 4.87. The molecule has 0 aromatic carbocycles. The second-order valence-corrected chi connectivity index (χ2v) is 5.84. The molecule has 1 aromatic rings. The summed E-state index contributed by atoms with van der Waals surface area (Å²) in [5.41, 5.74) is 0. The number of alkyl halides is 3. The van der Waals surface area contributed by atoms with Gasteiger partial charge in [-0.05, 0) is 0 Å². The van der Waals surface area contributed by atoms with Crippen LogP contribution in [0.2, 0.25) is 0 Å². The van der Waals surface area contributed by atoms with Gasteiger partial charge in [-0.3, -0.25) is 0 Å². The average Bonchev–Trinajstić information content (AvgIpc) is 2.65. The van der Waals surface area contributed by atoms with Gasteiger partial charge in [-0.2, -0.15) is 22.5 Å². The highest BCUT2D eigenvalue weighted by molar-refractivity contribution is 7.89. The Labute approximate surface area is 106 Å². The fraction of sp³-hybridized carbons (Fsp3) is 0.714. The molecular formula is C7H11F3N4O2S2. The topological polar surface area (TPSA) is 84.0 Å². The molecule has 6 nitrogen and oxygen atoms in total. The zero-order valence-corrected chi connectivity index (χ0v) is 10.9. The molecule has 0 saturated heterocycles. The highest BCUT2D eigenvalue weighted by Gasteiger charge is 2.36. The van der Waals surface area contributed by atoms with E-state index >= 15 is 0 Å². The van der Waals surface area contributed by atoms with E-state index < -0.39 is 22.0 Å². The minimum absolute atomic E-state index is 0.0399. The average molecular weight is 304 g/mol. The zero-order chi connectivity index (χ0) is 13.8. The number of nitrogens with one attached hydrogen (secondary N) is 2. The van der Waals surface area contributed by atoms with Gasteiger partial charge >= 0.3 is 6.18 Å². The molecular weight excluding hydrogens is 293 g/mol. The molecule has 0 atom stereocenters. The van der Waals surface area contributed by atoms with E-state index in [0.717, 1.165) is 0 Å². The van der Waals surface area contributed by atoms with Crippen LogP contribution in [0.1, 0.15) is 12.7 Å². The quantitative estimate of drug-likeness (QED) is 0.816. The van der Waals surface area contributed by atoms with Gasteiger partial charge in [-0.15, -0.1) is 0 Å². The Bertz CT molecular complexity index is 485. The van der Waals surface area contributed by atoms with Gasteiger partial charge in [0, 0.05) is 24.6 Å². The van der Waals surface area contributed by atoms with Crippen molar-refractivity contribution in [3.05, 3.63) is 5.82 Å². The number of hydrogen-bond acceptors (Lipinski definition) is 6. The first-order valence-corrected chi connectivity index (χ1v) is 7.29. The Morgan fingerprint density at radius 2 is 2.06 bits per heavy atom. The van der Waals surface area contributed by atoms with E-state index in [-0.39, 0.29) is 24.0 Å². The Morgan fingerprint density at radius 3 is 2.56 bits per heavy atom. The maximum atomic E-state index is 12.2. The summed E-state index contributed by atoms with van der Waals surface area (Å²) in [7, 11) is -3.40. The predicted molar refractivity (Wildman–Crippen MR) is 60.9 cm³/mol. The molecule has 1 heterocycles. The van der Waals surface area contributed by atoms with Crippen molar-refractivity contribution in [2.45, 2.75) is 13.1 Å². The van der Waals surface area contributed by atoms with Crippen molar-refractivity contribution in [2.75, 3.05) is 24.2 Å². The lowest BCUT2D eigenvalue weighted by Gasteiger charge is -2.04. The smallest absolute Gasteiger partial charge is 0.359 e. The van der Waals surface area contributed by atoms with E-state index in [0.29, 0.717) is 11.5 Å². The molecule has 0 spiro atoms. The van der Waals surface area contributed by atoms with E-state index in [4.69, 9.17) is 0 Å². The number of aromatic nitrogens is 2. The maximum Gasteiger partial charge on any atom is 0.452 e. The zero-order valence-electron chi connectivity index (χ0n) is 9.28. The molecule has 0 aliphatic heterocycles. The first kappa shape index (κ1) is 15.1. The molecule has 0 radical (unpaired) electrons. The summed E-state index contributed by atoms with van der Waals surface area (Å²) in [5, 5.41) is 2.42. The van der Waals surface area contributed by atoms with E-state index in [1.165, 1.54) is 0 Å². The summed E-state index contributed by atoms with van der Waals surface area (Å²) >= 11 is 0.533. The van der Waals surface area contributed by atoms with Crippen molar-refractivity contribution < 1.29 is 21.6 Å². The van der Waals surface area contributed by atoms with Crippen LogP contribution in [0.5, 0.6) is 0 Å². The summed E-state index contributed by atoms with van der Waals surface area (Å²) in [6.07, 6.45) is -4.59. The van der Waals surface area contributed by atoms with Crippen molar-refractivity contribution in [1.82, 2.24) is 14.1 Å². The van der Waals surface area contributed by atoms with E-state index in [1.807, 2.05) is 0 Å². The van der Waals surface area contributed by atoms with Gasteiger partial charge in [-0.1, -0.05) is 6.92 Å². The van der Waals surface area contributed by atoms with Crippen molar-refractivity contribution in [3.63, 3.8) is 0 Å². The Morgan fingerprint density at radius 1 is 1.39 bits per heavy atom. The standard InChI is InChI=1S/C7H11F3N4O2S2/c1-2-12-18(15,16)4-3-11-6-13-5(14-17-6)7(8,9)10/h12H,2-4H2,1H3,(H,11,13,14). The minimum atomic E-state index is -4.59. The van der Waals surface area contributed by atoms with Crippen LogP contribution in [0.3, 0.4) is 0 Å². The SMILES string of the molecule is CCNS(=O)(=O)CCNc1nc(C(F)(F)F)ns1. The number of anilines is 1. The third-order valence-electron chi connectivity index (χ3n) is 1.69. The van der Waals surface area contributed by atoms with Crippen LogP contribution in [-0.4, -0.2) is 36.6 Å². The van der Waals surface area contributed by atoms with Crippen molar-refractivity contribution >= 4 is 26.7 Å². The third-order valence-corrected chi connectivity index (χ3v) is 3.83. The van der Waals surface area contributed by atoms with Crippen LogP contribution >= 0.6 is 11.5 Å². The van der Waals surface area contributed by atoms with Crippen LogP contribution in [-0.2, 0) is 16.2 Å². The lowest BCUT2D eigenvalue weighted by atomic mass is 10.6. The van der Waals surface area contributed by atoms with Crippen LogP contribution in [0.4, 0.5) is 18.3 Å². The molecule has 2 N–H and O–H groups in total. The molecule has 1 rings (SSSR count). The largest absolute Gasteiger partial charge is 0.452 e. The molecule has 1 aromatic heterocycles. The highest BCUT2D eigenvalue weighted by atomic mass is 32.2. The molecule has 0 unspecified atom stereocenters. The summed E-state index contributed by atoms with van der Waals surface area (Å²) in [6, 6.07) is 0. The molecule has 0 aliphatic rings. The summed E-state index contributed by atoms with van der Waals surface area (Å²) < 4.78 is 64.3. The highest BCUT2D eigenvalue weighted by Crippen LogP contribution is 2.28. The van der Waals surface area contributed by atoms with Gasteiger partial charge < -0.3 is 5.32 Å². The maximum absolute atomic E-state index is 12.2. The van der Waals surface area contributed by atoms with E-state index in [2.05, 4.69) is 19.4 Å². The van der Waals surface area contributed by atoms with Gasteiger partial charge in [-0.25, -0.2) is 13.1 Å². The van der Waals surface area contributed by atoms with Crippen molar-refractivity contribution in [3.8, 4) is 0 Å². The van der Waals surface area contributed by atoms with Gasteiger partial charge in [0.25, 0.3) is 0 Å². The Hall–Kier alpha value is -0.940. The Balaban J connectivity index is 2.48. The fourth-order valence-electron chi connectivity index (χ4n) is 0.995. The van der Waals surface area contributed by atoms with E-state index in [9.17, 15) is 21.6 Å². The number of halogens is 3. The summed E-state index contributed by atoms with van der Waals surface area (Å²) in [6.45, 7) is 1.85. The predicted octanol–water partition coefficient (Wildman–Crippen LogP) is 0.908. The van der Waals surface area contributed by atoms with Crippen LogP contribution in [0, 0.1) is 0 Å². The molecule has 18 heavy (non-hydrogen) atoms. The minimum Gasteiger partial charge on any atom is -0.359 e. The number of nitrogens with zero attached hydrogens (tertiary/aromatic N) is 2. The second kappa shape index (κ2) is 5.80. The summed E-state index contributed by atoms with van der Waals surface area (Å²) in [4.78, 5) is 3.20. The molecule has 104 valence electrons. The van der Waals surface area contributed by atoms with Gasteiger partial charge in [0.1, 0.15) is 0 Å². The monoisotopic (exact) mass is 304 g/mol. The number of sulfonamides is 1. The van der Waals surface area contributed by atoms with Crippen molar-refractivity contribution in [2.24, 2.45) is 0 Å². The van der Waals surface area contributed by atoms with Gasteiger partial charge in [0.05, 0.1) is 5.75 Å². The van der Waals surface area contributed by atoms with Gasteiger partial charge in [0.15, 0.2) is 0 Å². The molecule has 0 amide bonds.